The fraction of sp³-hybridized carbons (Fsp3) is 0.588. The van der Waals surface area contributed by atoms with E-state index in [0.717, 1.165) is 18.6 Å². The number of nitrogens with one attached hydrogen (secondary N) is 1. The Morgan fingerprint density at radius 1 is 1.33 bits per heavy atom. The maximum absolute atomic E-state index is 12.2. The molecule has 1 fully saturated rings. The van der Waals surface area contributed by atoms with Gasteiger partial charge in [0.2, 0.25) is 0 Å². The van der Waals surface area contributed by atoms with Crippen molar-refractivity contribution < 1.29 is 14.3 Å². The smallest absolute Gasteiger partial charge is 0.329 e. The highest BCUT2D eigenvalue weighted by molar-refractivity contribution is 5.80. The number of aryl methyl sites for hydroxylation is 2. The summed E-state index contributed by atoms with van der Waals surface area (Å²) in [6.45, 7) is 8.44. The third kappa shape index (κ3) is 4.21. The van der Waals surface area contributed by atoms with Gasteiger partial charge in [0.15, 0.2) is 0 Å². The van der Waals surface area contributed by atoms with Crippen molar-refractivity contribution in [1.29, 1.82) is 0 Å². The molecule has 0 aromatic heterocycles. The van der Waals surface area contributed by atoms with Gasteiger partial charge in [-0.2, -0.15) is 0 Å². The van der Waals surface area contributed by atoms with Gasteiger partial charge in [0.25, 0.3) is 0 Å². The van der Waals surface area contributed by atoms with Crippen molar-refractivity contribution in [1.82, 2.24) is 5.32 Å². The molecule has 1 aliphatic carbocycles. The summed E-state index contributed by atoms with van der Waals surface area (Å²) in [4.78, 5) is 12.2. The molecule has 1 saturated carbocycles. The molecule has 1 N–H and O–H groups in total. The van der Waals surface area contributed by atoms with E-state index in [1.807, 2.05) is 32.0 Å². The van der Waals surface area contributed by atoms with Gasteiger partial charge in [-0.05, 0) is 63.8 Å². The first kappa shape index (κ1) is 15.8. The summed E-state index contributed by atoms with van der Waals surface area (Å²) >= 11 is 0. The Morgan fingerprint density at radius 2 is 2.05 bits per heavy atom. The summed E-state index contributed by atoms with van der Waals surface area (Å²) in [6, 6.07) is 6.37. The van der Waals surface area contributed by atoms with Gasteiger partial charge >= 0.3 is 5.97 Å². The number of hydrogen-bond acceptors (Lipinski definition) is 4. The Labute approximate surface area is 126 Å². The van der Waals surface area contributed by atoms with Gasteiger partial charge in [0.05, 0.1) is 6.61 Å². The number of carbonyl (C=O) groups excluding carboxylic acids is 1. The SMILES string of the molecule is CCOC(=O)C(C)(COc1ccc(C)c(C)c1)NC1CC1. The average Bonchev–Trinajstić information content (AvgIpc) is 3.24. The summed E-state index contributed by atoms with van der Waals surface area (Å²) in [7, 11) is 0. The summed E-state index contributed by atoms with van der Waals surface area (Å²) in [5, 5.41) is 3.35. The second-order valence-electron chi connectivity index (χ2n) is 6.01. The Kier molecular flexibility index (Phi) is 4.88. The molecule has 1 unspecified atom stereocenters. The van der Waals surface area contributed by atoms with E-state index in [0.29, 0.717) is 12.6 Å². The molecule has 2 rings (SSSR count). The van der Waals surface area contributed by atoms with Crippen LogP contribution in [0.2, 0.25) is 0 Å². The largest absolute Gasteiger partial charge is 0.491 e. The number of rotatable bonds is 7. The van der Waals surface area contributed by atoms with Crippen LogP contribution in [-0.4, -0.2) is 30.8 Å². The zero-order valence-corrected chi connectivity index (χ0v) is 13.4. The summed E-state index contributed by atoms with van der Waals surface area (Å²) in [6.07, 6.45) is 2.22. The molecule has 1 aliphatic rings. The minimum absolute atomic E-state index is 0.249. The number of carbonyl (C=O) groups is 1. The molecular weight excluding hydrogens is 266 g/mol. The normalized spacial score (nSPS) is 17.1. The van der Waals surface area contributed by atoms with Gasteiger partial charge in [-0.1, -0.05) is 6.07 Å². The zero-order valence-electron chi connectivity index (χ0n) is 13.4. The van der Waals surface area contributed by atoms with E-state index < -0.39 is 5.54 Å². The Bertz CT molecular complexity index is 511. The molecule has 1 aromatic carbocycles. The highest BCUT2D eigenvalue weighted by Crippen LogP contribution is 2.24. The molecular formula is C17H25NO3. The van der Waals surface area contributed by atoms with Crippen LogP contribution < -0.4 is 10.1 Å². The molecule has 0 amide bonds. The predicted octanol–water partition coefficient (Wildman–Crippen LogP) is 2.76. The van der Waals surface area contributed by atoms with Crippen molar-refractivity contribution in [3.63, 3.8) is 0 Å². The molecule has 0 spiro atoms. The van der Waals surface area contributed by atoms with Gasteiger partial charge in [0.1, 0.15) is 17.9 Å². The van der Waals surface area contributed by atoms with Gasteiger partial charge < -0.3 is 9.47 Å². The Balaban J connectivity index is 2.03. The molecule has 116 valence electrons. The summed E-state index contributed by atoms with van der Waals surface area (Å²) in [5.74, 6) is 0.534. The van der Waals surface area contributed by atoms with Crippen molar-refractivity contribution >= 4 is 5.97 Å². The molecule has 0 aliphatic heterocycles. The molecule has 1 aromatic rings. The second kappa shape index (κ2) is 6.48. The third-order valence-corrected chi connectivity index (χ3v) is 3.83. The minimum Gasteiger partial charge on any atom is -0.491 e. The minimum atomic E-state index is -0.796. The molecule has 0 radical (unpaired) electrons. The van der Waals surface area contributed by atoms with Gasteiger partial charge in [-0.3, -0.25) is 5.32 Å². The lowest BCUT2D eigenvalue weighted by molar-refractivity contribution is -0.152. The highest BCUT2D eigenvalue weighted by atomic mass is 16.5. The van der Waals surface area contributed by atoms with Crippen molar-refractivity contribution in [2.24, 2.45) is 0 Å². The lowest BCUT2D eigenvalue weighted by Gasteiger charge is -2.28. The third-order valence-electron chi connectivity index (χ3n) is 3.83. The van der Waals surface area contributed by atoms with E-state index in [9.17, 15) is 4.79 Å². The van der Waals surface area contributed by atoms with Crippen LogP contribution in [0.1, 0.15) is 37.8 Å². The van der Waals surface area contributed by atoms with Crippen LogP contribution in [-0.2, 0) is 9.53 Å². The van der Waals surface area contributed by atoms with E-state index in [1.165, 1.54) is 11.1 Å². The molecule has 0 heterocycles. The molecule has 0 bridgehead atoms. The van der Waals surface area contributed by atoms with Gasteiger partial charge in [-0.25, -0.2) is 4.79 Å². The van der Waals surface area contributed by atoms with Crippen molar-refractivity contribution in [2.45, 2.75) is 52.1 Å². The van der Waals surface area contributed by atoms with E-state index in [-0.39, 0.29) is 12.6 Å². The van der Waals surface area contributed by atoms with Crippen LogP contribution in [0.25, 0.3) is 0 Å². The molecule has 4 heteroatoms. The molecule has 21 heavy (non-hydrogen) atoms. The fourth-order valence-electron chi connectivity index (χ4n) is 2.16. The van der Waals surface area contributed by atoms with Crippen LogP contribution in [0.15, 0.2) is 18.2 Å². The second-order valence-corrected chi connectivity index (χ2v) is 6.01. The van der Waals surface area contributed by atoms with E-state index in [2.05, 4.69) is 19.2 Å². The predicted molar refractivity (Wildman–Crippen MR) is 82.6 cm³/mol. The number of ether oxygens (including phenoxy) is 2. The topological polar surface area (TPSA) is 47.6 Å². The first-order valence-corrected chi connectivity index (χ1v) is 7.59. The fourth-order valence-corrected chi connectivity index (χ4v) is 2.16. The molecule has 4 nitrogen and oxygen atoms in total. The Hall–Kier alpha value is -1.55. The number of benzene rings is 1. The quantitative estimate of drug-likeness (QED) is 0.785. The lowest BCUT2D eigenvalue weighted by atomic mass is 10.0. The first-order valence-electron chi connectivity index (χ1n) is 7.59. The number of esters is 1. The van der Waals surface area contributed by atoms with Crippen LogP contribution >= 0.6 is 0 Å². The van der Waals surface area contributed by atoms with Crippen molar-refractivity contribution in [3.8, 4) is 5.75 Å². The maximum atomic E-state index is 12.2. The standard InChI is InChI=1S/C17H25NO3/c1-5-20-16(19)17(4,18-14-7-8-14)11-21-15-9-6-12(2)13(3)10-15/h6,9-10,14,18H,5,7-8,11H2,1-4H3. The first-order chi connectivity index (χ1) is 9.94. The van der Waals surface area contributed by atoms with Crippen LogP contribution in [0.4, 0.5) is 0 Å². The van der Waals surface area contributed by atoms with Crippen LogP contribution in [0.3, 0.4) is 0 Å². The van der Waals surface area contributed by atoms with Crippen molar-refractivity contribution in [2.75, 3.05) is 13.2 Å². The van der Waals surface area contributed by atoms with Crippen molar-refractivity contribution in [3.05, 3.63) is 29.3 Å². The van der Waals surface area contributed by atoms with Crippen LogP contribution in [0, 0.1) is 13.8 Å². The molecule has 0 saturated heterocycles. The Morgan fingerprint density at radius 3 is 2.62 bits per heavy atom. The number of hydrogen-bond donors (Lipinski definition) is 1. The maximum Gasteiger partial charge on any atom is 0.329 e. The van der Waals surface area contributed by atoms with Gasteiger partial charge in [-0.15, -0.1) is 0 Å². The summed E-state index contributed by atoms with van der Waals surface area (Å²) < 4.78 is 11.0. The van der Waals surface area contributed by atoms with E-state index >= 15 is 0 Å². The highest BCUT2D eigenvalue weighted by Gasteiger charge is 2.40. The molecule has 1 atom stereocenters. The zero-order chi connectivity index (χ0) is 15.5. The van der Waals surface area contributed by atoms with Gasteiger partial charge in [0, 0.05) is 6.04 Å². The average molecular weight is 291 g/mol. The van der Waals surface area contributed by atoms with E-state index in [4.69, 9.17) is 9.47 Å². The van der Waals surface area contributed by atoms with E-state index in [1.54, 1.807) is 0 Å². The monoisotopic (exact) mass is 291 g/mol. The van der Waals surface area contributed by atoms with Crippen LogP contribution in [0.5, 0.6) is 5.75 Å². The summed E-state index contributed by atoms with van der Waals surface area (Å²) in [5.41, 5.74) is 1.61. The lowest BCUT2D eigenvalue weighted by Crippen LogP contribution is -2.55.